The Labute approximate surface area is 136 Å². The molecular formula is C18H15FN2O3. The molecule has 0 bridgehead atoms. The average Bonchev–Trinajstić information content (AvgIpc) is 2.59. The topological polar surface area (TPSA) is 61.1 Å². The van der Waals surface area contributed by atoms with Crippen molar-refractivity contribution < 1.29 is 9.18 Å². The van der Waals surface area contributed by atoms with Crippen molar-refractivity contribution >= 4 is 16.7 Å². The van der Waals surface area contributed by atoms with Crippen molar-refractivity contribution in [2.75, 3.05) is 0 Å². The number of Topliss-reactive ketones (excluding diaryl/α,β-unsaturated/α-hetero) is 1. The number of para-hydroxylation sites is 1. The summed E-state index contributed by atoms with van der Waals surface area (Å²) in [6, 6.07) is 12.3. The van der Waals surface area contributed by atoms with Crippen molar-refractivity contribution in [2.45, 2.75) is 13.0 Å². The molecule has 2 aromatic carbocycles. The van der Waals surface area contributed by atoms with Crippen LogP contribution >= 0.6 is 0 Å². The van der Waals surface area contributed by atoms with Gasteiger partial charge in [-0.05, 0) is 29.8 Å². The van der Waals surface area contributed by atoms with E-state index >= 15 is 0 Å². The molecular weight excluding hydrogens is 311 g/mol. The second-order valence-corrected chi connectivity index (χ2v) is 5.59. The number of aromatic nitrogens is 2. The van der Waals surface area contributed by atoms with Gasteiger partial charge in [0.2, 0.25) is 0 Å². The van der Waals surface area contributed by atoms with Gasteiger partial charge in [0, 0.05) is 13.5 Å². The van der Waals surface area contributed by atoms with E-state index in [0.29, 0.717) is 16.5 Å². The summed E-state index contributed by atoms with van der Waals surface area (Å²) >= 11 is 0. The molecule has 0 amide bonds. The van der Waals surface area contributed by atoms with Crippen LogP contribution in [0, 0.1) is 5.82 Å². The quantitative estimate of drug-likeness (QED) is 0.732. The van der Waals surface area contributed by atoms with Crippen LogP contribution in [0.4, 0.5) is 4.39 Å². The molecule has 0 radical (unpaired) electrons. The fraction of sp³-hybridized carbons (Fsp3) is 0.167. The molecule has 3 rings (SSSR count). The molecule has 0 aliphatic heterocycles. The molecule has 0 atom stereocenters. The fourth-order valence-corrected chi connectivity index (χ4v) is 2.66. The number of carbonyl (C=O) groups excluding carboxylic acids is 1. The molecule has 6 heteroatoms. The smallest absolute Gasteiger partial charge is 0.297 e. The van der Waals surface area contributed by atoms with Gasteiger partial charge in [0.05, 0.1) is 17.4 Å². The van der Waals surface area contributed by atoms with E-state index in [2.05, 4.69) is 0 Å². The van der Waals surface area contributed by atoms with Crippen LogP contribution in [0.3, 0.4) is 0 Å². The number of hydrogen-bond acceptors (Lipinski definition) is 3. The molecule has 0 aliphatic rings. The first-order valence-electron chi connectivity index (χ1n) is 7.42. The van der Waals surface area contributed by atoms with Gasteiger partial charge >= 0.3 is 5.69 Å². The summed E-state index contributed by atoms with van der Waals surface area (Å²) in [7, 11) is 1.39. The van der Waals surface area contributed by atoms with Crippen molar-refractivity contribution in [1.82, 2.24) is 9.13 Å². The number of carbonyl (C=O) groups is 1. The van der Waals surface area contributed by atoms with E-state index in [9.17, 15) is 18.8 Å². The van der Waals surface area contributed by atoms with Gasteiger partial charge in [0.15, 0.2) is 5.78 Å². The van der Waals surface area contributed by atoms with E-state index < -0.39 is 11.2 Å². The Balaban J connectivity index is 1.98. The lowest BCUT2D eigenvalue weighted by Gasteiger charge is -2.11. The summed E-state index contributed by atoms with van der Waals surface area (Å²) < 4.78 is 15.2. The number of fused-ring (bicyclic) bond motifs is 1. The maximum absolute atomic E-state index is 12.9. The first kappa shape index (κ1) is 15.9. The zero-order valence-electron chi connectivity index (χ0n) is 13.0. The molecule has 3 aromatic rings. The SMILES string of the molecule is Cn1c(=O)c2ccccc2n(CC(=O)Cc2ccc(F)cc2)c1=O. The number of hydrogen-bond donors (Lipinski definition) is 0. The molecule has 24 heavy (non-hydrogen) atoms. The van der Waals surface area contributed by atoms with Crippen LogP contribution in [-0.2, 0) is 24.8 Å². The van der Waals surface area contributed by atoms with E-state index in [-0.39, 0.29) is 24.6 Å². The summed E-state index contributed by atoms with van der Waals surface area (Å²) in [5.41, 5.74) is 0.172. The van der Waals surface area contributed by atoms with Crippen LogP contribution < -0.4 is 11.2 Å². The third-order valence-electron chi connectivity index (χ3n) is 3.90. The minimum atomic E-state index is -0.536. The van der Waals surface area contributed by atoms with Crippen molar-refractivity contribution in [1.29, 1.82) is 0 Å². The molecule has 1 heterocycles. The highest BCUT2D eigenvalue weighted by molar-refractivity contribution is 5.84. The van der Waals surface area contributed by atoms with Gasteiger partial charge in [-0.1, -0.05) is 24.3 Å². The predicted molar refractivity (Wildman–Crippen MR) is 88.6 cm³/mol. The van der Waals surface area contributed by atoms with Crippen LogP contribution in [0.25, 0.3) is 10.9 Å². The number of nitrogens with zero attached hydrogens (tertiary/aromatic N) is 2. The van der Waals surface area contributed by atoms with Crippen LogP contribution in [0.2, 0.25) is 0 Å². The Morgan fingerprint density at radius 3 is 2.42 bits per heavy atom. The minimum absolute atomic E-state index is 0.0872. The lowest BCUT2D eigenvalue weighted by Crippen LogP contribution is -2.39. The van der Waals surface area contributed by atoms with Crippen LogP contribution in [-0.4, -0.2) is 14.9 Å². The highest BCUT2D eigenvalue weighted by Gasteiger charge is 2.13. The molecule has 0 spiro atoms. The molecule has 1 aromatic heterocycles. The molecule has 0 aliphatic carbocycles. The van der Waals surface area contributed by atoms with Gasteiger partial charge in [-0.25, -0.2) is 9.18 Å². The third-order valence-corrected chi connectivity index (χ3v) is 3.90. The molecule has 0 unspecified atom stereocenters. The average molecular weight is 326 g/mol. The van der Waals surface area contributed by atoms with E-state index in [1.54, 1.807) is 24.3 Å². The van der Waals surface area contributed by atoms with E-state index in [1.165, 1.54) is 35.9 Å². The van der Waals surface area contributed by atoms with Crippen molar-refractivity contribution in [2.24, 2.45) is 7.05 Å². The lowest BCUT2D eigenvalue weighted by atomic mass is 10.1. The molecule has 0 N–H and O–H groups in total. The van der Waals surface area contributed by atoms with Crippen LogP contribution in [0.5, 0.6) is 0 Å². The maximum atomic E-state index is 12.9. The summed E-state index contributed by atoms with van der Waals surface area (Å²) in [4.78, 5) is 36.8. The van der Waals surface area contributed by atoms with Gasteiger partial charge in [-0.15, -0.1) is 0 Å². The number of rotatable bonds is 4. The summed E-state index contributed by atoms with van der Waals surface area (Å²) in [5.74, 6) is -0.570. The fourth-order valence-electron chi connectivity index (χ4n) is 2.66. The van der Waals surface area contributed by atoms with Gasteiger partial charge in [-0.2, -0.15) is 0 Å². The monoisotopic (exact) mass is 326 g/mol. The van der Waals surface area contributed by atoms with E-state index in [1.807, 2.05) is 0 Å². The number of ketones is 1. The normalized spacial score (nSPS) is 10.9. The molecule has 0 saturated carbocycles. The highest BCUT2D eigenvalue weighted by atomic mass is 19.1. The van der Waals surface area contributed by atoms with Crippen molar-refractivity contribution in [3.05, 3.63) is 80.7 Å². The number of halogens is 1. The standard InChI is InChI=1S/C18H15FN2O3/c1-20-17(23)15-4-2-3-5-16(15)21(18(20)24)11-14(22)10-12-6-8-13(19)9-7-12/h2-9H,10-11H2,1H3. The Bertz CT molecular complexity index is 1030. The molecule has 122 valence electrons. The van der Waals surface area contributed by atoms with Gasteiger partial charge in [0.25, 0.3) is 5.56 Å². The van der Waals surface area contributed by atoms with Crippen molar-refractivity contribution in [3.8, 4) is 0 Å². The van der Waals surface area contributed by atoms with E-state index in [4.69, 9.17) is 0 Å². The van der Waals surface area contributed by atoms with Gasteiger partial charge in [0.1, 0.15) is 5.82 Å². The summed E-state index contributed by atoms with van der Waals surface area (Å²) in [5, 5.41) is 0.384. The molecule has 0 saturated heterocycles. The maximum Gasteiger partial charge on any atom is 0.331 e. The Hall–Kier alpha value is -3.02. The van der Waals surface area contributed by atoms with Crippen molar-refractivity contribution in [3.63, 3.8) is 0 Å². The Kier molecular flexibility index (Phi) is 4.12. The second kappa shape index (κ2) is 6.23. The second-order valence-electron chi connectivity index (χ2n) is 5.59. The third kappa shape index (κ3) is 2.90. The van der Waals surface area contributed by atoms with E-state index in [0.717, 1.165) is 4.57 Å². The van der Waals surface area contributed by atoms with Crippen LogP contribution in [0.1, 0.15) is 5.56 Å². The highest BCUT2D eigenvalue weighted by Crippen LogP contribution is 2.09. The van der Waals surface area contributed by atoms with Gasteiger partial charge < -0.3 is 0 Å². The predicted octanol–water partition coefficient (Wildman–Crippen LogP) is 1.65. The zero-order valence-corrected chi connectivity index (χ0v) is 13.0. The Morgan fingerprint density at radius 1 is 1.04 bits per heavy atom. The number of benzene rings is 2. The minimum Gasteiger partial charge on any atom is -0.297 e. The molecule has 5 nitrogen and oxygen atoms in total. The summed E-state index contributed by atoms with van der Waals surface area (Å²) in [6.45, 7) is -0.148. The zero-order chi connectivity index (χ0) is 17.3. The molecule has 0 fully saturated rings. The van der Waals surface area contributed by atoms with Gasteiger partial charge in [-0.3, -0.25) is 18.7 Å². The van der Waals surface area contributed by atoms with Crippen LogP contribution in [0.15, 0.2) is 58.1 Å². The first-order valence-corrected chi connectivity index (χ1v) is 7.42. The Morgan fingerprint density at radius 2 is 1.71 bits per heavy atom. The lowest BCUT2D eigenvalue weighted by molar-refractivity contribution is -0.119. The largest absolute Gasteiger partial charge is 0.331 e. The summed E-state index contributed by atoms with van der Waals surface area (Å²) in [6.07, 6.45) is 0.0872. The first-order chi connectivity index (χ1) is 11.5.